The molecule has 0 aromatic heterocycles. The van der Waals surface area contributed by atoms with Crippen molar-refractivity contribution in [1.29, 1.82) is 0 Å². The highest BCUT2D eigenvalue weighted by molar-refractivity contribution is 6.17. The van der Waals surface area contributed by atoms with Gasteiger partial charge in [-0.05, 0) is 62.9 Å². The van der Waals surface area contributed by atoms with Gasteiger partial charge in [-0.3, -0.25) is 9.59 Å². The molecule has 1 heterocycles. The van der Waals surface area contributed by atoms with E-state index in [1.807, 2.05) is 39.8 Å². The van der Waals surface area contributed by atoms with Crippen LogP contribution in [0.1, 0.15) is 55.9 Å². The zero-order chi connectivity index (χ0) is 16.7. The fraction of sp³-hybridized carbons (Fsp3) is 0.474. The van der Waals surface area contributed by atoms with Crippen LogP contribution in [0.3, 0.4) is 0 Å². The van der Waals surface area contributed by atoms with E-state index in [0.29, 0.717) is 0 Å². The standard InChI is InChI=1S/C19H23NO2/c1-7-9-13-10-12(3)15(14(8-2)11-13)16-17(21)19(4,5)20(6)18(16)22/h10-11,16H,8H2,1-6H3. The average Bonchev–Trinajstić information content (AvgIpc) is 2.61. The Morgan fingerprint density at radius 3 is 2.36 bits per heavy atom. The van der Waals surface area contributed by atoms with E-state index in [4.69, 9.17) is 0 Å². The number of aryl methyl sites for hydroxylation is 2. The number of likely N-dealkylation sites (N-methyl/N-ethyl adjacent to an activating group) is 1. The monoisotopic (exact) mass is 297 g/mol. The SMILES string of the molecule is CC#Cc1cc(C)c(C2C(=O)N(C)C(C)(C)C2=O)c(CC)c1. The largest absolute Gasteiger partial charge is 0.333 e. The number of nitrogens with zero attached hydrogens (tertiary/aromatic N) is 1. The van der Waals surface area contributed by atoms with Gasteiger partial charge in [-0.1, -0.05) is 12.8 Å². The van der Waals surface area contributed by atoms with E-state index in [2.05, 4.69) is 11.8 Å². The maximum absolute atomic E-state index is 12.8. The van der Waals surface area contributed by atoms with E-state index in [1.165, 1.54) is 0 Å². The van der Waals surface area contributed by atoms with Crippen molar-refractivity contribution < 1.29 is 9.59 Å². The number of hydrogen-bond acceptors (Lipinski definition) is 2. The molecule has 1 saturated heterocycles. The van der Waals surface area contributed by atoms with Crippen molar-refractivity contribution in [2.24, 2.45) is 0 Å². The minimum absolute atomic E-state index is 0.0212. The number of Topliss-reactive ketones (excluding diaryl/α,β-unsaturated/α-hetero) is 1. The van der Waals surface area contributed by atoms with Crippen LogP contribution in [0.25, 0.3) is 0 Å². The quantitative estimate of drug-likeness (QED) is 0.622. The summed E-state index contributed by atoms with van der Waals surface area (Å²) in [6.07, 6.45) is 0.774. The Bertz CT molecular complexity index is 704. The Morgan fingerprint density at radius 2 is 1.91 bits per heavy atom. The van der Waals surface area contributed by atoms with Crippen molar-refractivity contribution in [2.75, 3.05) is 7.05 Å². The molecule has 0 spiro atoms. The first-order chi connectivity index (χ1) is 10.3. The molecule has 2 rings (SSSR count). The van der Waals surface area contributed by atoms with E-state index in [-0.39, 0.29) is 11.7 Å². The van der Waals surface area contributed by atoms with Gasteiger partial charge in [0, 0.05) is 12.6 Å². The minimum atomic E-state index is -0.749. The van der Waals surface area contributed by atoms with Crippen molar-refractivity contribution in [3.63, 3.8) is 0 Å². The lowest BCUT2D eigenvalue weighted by molar-refractivity contribution is -0.130. The molecular formula is C19H23NO2. The third kappa shape index (κ3) is 2.33. The molecule has 1 aromatic carbocycles. The molecule has 1 aliphatic rings. The number of carbonyl (C=O) groups excluding carboxylic acids is 2. The molecule has 3 nitrogen and oxygen atoms in total. The van der Waals surface area contributed by atoms with E-state index < -0.39 is 11.5 Å². The molecule has 0 N–H and O–H groups in total. The minimum Gasteiger partial charge on any atom is -0.333 e. The molecule has 3 heteroatoms. The number of hydrogen-bond donors (Lipinski definition) is 0. The van der Waals surface area contributed by atoms with Crippen molar-refractivity contribution >= 4 is 11.7 Å². The van der Waals surface area contributed by atoms with Crippen LogP contribution in [0.4, 0.5) is 0 Å². The van der Waals surface area contributed by atoms with Crippen molar-refractivity contribution in [3.8, 4) is 11.8 Å². The zero-order valence-electron chi connectivity index (χ0n) is 14.2. The molecule has 0 saturated carbocycles. The van der Waals surface area contributed by atoms with Crippen LogP contribution in [0.5, 0.6) is 0 Å². The second-order valence-electron chi connectivity index (χ2n) is 6.35. The van der Waals surface area contributed by atoms with Gasteiger partial charge in [0.15, 0.2) is 5.78 Å². The normalized spacial score (nSPS) is 20.1. The molecular weight excluding hydrogens is 274 g/mol. The van der Waals surface area contributed by atoms with Gasteiger partial charge in [0.05, 0.1) is 5.54 Å². The Kier molecular flexibility index (Phi) is 4.15. The maximum atomic E-state index is 12.8. The van der Waals surface area contributed by atoms with E-state index in [0.717, 1.165) is 28.7 Å². The lowest BCUT2D eigenvalue weighted by Crippen LogP contribution is -2.41. The molecule has 1 aromatic rings. The summed E-state index contributed by atoms with van der Waals surface area (Å²) in [5, 5.41) is 0. The zero-order valence-corrected chi connectivity index (χ0v) is 14.2. The third-order valence-corrected chi connectivity index (χ3v) is 4.69. The van der Waals surface area contributed by atoms with Gasteiger partial charge in [0.2, 0.25) is 5.91 Å². The molecule has 22 heavy (non-hydrogen) atoms. The van der Waals surface area contributed by atoms with E-state index >= 15 is 0 Å². The van der Waals surface area contributed by atoms with E-state index in [1.54, 1.807) is 18.9 Å². The second-order valence-corrected chi connectivity index (χ2v) is 6.35. The van der Waals surface area contributed by atoms with Gasteiger partial charge in [-0.15, -0.1) is 5.92 Å². The predicted molar refractivity (Wildman–Crippen MR) is 87.7 cm³/mol. The lowest BCUT2D eigenvalue weighted by atomic mass is 9.83. The van der Waals surface area contributed by atoms with Crippen LogP contribution in [-0.4, -0.2) is 29.2 Å². The molecule has 1 aliphatic heterocycles. The second kappa shape index (κ2) is 5.61. The summed E-state index contributed by atoms with van der Waals surface area (Å²) in [7, 11) is 1.71. The molecule has 0 radical (unpaired) electrons. The molecule has 0 bridgehead atoms. The van der Waals surface area contributed by atoms with E-state index in [9.17, 15) is 9.59 Å². The Hall–Kier alpha value is -2.08. The predicted octanol–water partition coefficient (Wildman–Crippen LogP) is 2.83. The van der Waals surface area contributed by atoms with Crippen LogP contribution in [0, 0.1) is 18.8 Å². The first-order valence-corrected chi connectivity index (χ1v) is 7.63. The maximum Gasteiger partial charge on any atom is 0.238 e. The number of rotatable bonds is 2. The van der Waals surface area contributed by atoms with Gasteiger partial charge in [-0.2, -0.15) is 0 Å². The fourth-order valence-corrected chi connectivity index (χ4v) is 3.15. The van der Waals surface area contributed by atoms with Crippen LogP contribution in [0.15, 0.2) is 12.1 Å². The fourth-order valence-electron chi connectivity index (χ4n) is 3.15. The lowest BCUT2D eigenvalue weighted by Gasteiger charge is -2.25. The topological polar surface area (TPSA) is 37.4 Å². The van der Waals surface area contributed by atoms with Gasteiger partial charge in [0.1, 0.15) is 5.92 Å². The molecule has 1 atom stereocenters. The highest BCUT2D eigenvalue weighted by Crippen LogP contribution is 2.38. The molecule has 116 valence electrons. The molecule has 1 fully saturated rings. The smallest absolute Gasteiger partial charge is 0.238 e. The number of carbonyl (C=O) groups is 2. The molecule has 1 amide bonds. The average molecular weight is 297 g/mol. The van der Waals surface area contributed by atoms with Crippen LogP contribution in [-0.2, 0) is 16.0 Å². The summed E-state index contributed by atoms with van der Waals surface area (Å²) in [5.74, 6) is 5.14. The molecule has 0 aliphatic carbocycles. The Morgan fingerprint density at radius 1 is 1.27 bits per heavy atom. The first kappa shape index (κ1) is 16.3. The Balaban J connectivity index is 2.64. The summed E-state index contributed by atoms with van der Waals surface area (Å²) >= 11 is 0. The van der Waals surface area contributed by atoms with Crippen LogP contribution >= 0.6 is 0 Å². The van der Waals surface area contributed by atoms with Gasteiger partial charge >= 0.3 is 0 Å². The number of benzene rings is 1. The summed E-state index contributed by atoms with van der Waals surface area (Å²) in [6.45, 7) is 9.42. The van der Waals surface area contributed by atoms with Crippen LogP contribution < -0.4 is 0 Å². The van der Waals surface area contributed by atoms with Gasteiger partial charge < -0.3 is 4.90 Å². The molecule has 1 unspecified atom stereocenters. The number of amides is 1. The van der Waals surface area contributed by atoms with Gasteiger partial charge in [0.25, 0.3) is 0 Å². The first-order valence-electron chi connectivity index (χ1n) is 7.63. The van der Waals surface area contributed by atoms with Crippen molar-refractivity contribution in [1.82, 2.24) is 4.90 Å². The Labute approximate surface area is 132 Å². The third-order valence-electron chi connectivity index (χ3n) is 4.69. The van der Waals surface area contributed by atoms with Crippen LogP contribution in [0.2, 0.25) is 0 Å². The highest BCUT2D eigenvalue weighted by atomic mass is 16.2. The number of likely N-dealkylation sites (tertiary alicyclic amines) is 1. The van der Waals surface area contributed by atoms with Gasteiger partial charge in [-0.25, -0.2) is 0 Å². The number of ketones is 1. The van der Waals surface area contributed by atoms with Crippen molar-refractivity contribution in [2.45, 2.75) is 52.5 Å². The summed E-state index contributed by atoms with van der Waals surface area (Å²) in [4.78, 5) is 27.0. The summed E-state index contributed by atoms with van der Waals surface area (Å²) < 4.78 is 0. The highest BCUT2D eigenvalue weighted by Gasteiger charge is 2.52. The van der Waals surface area contributed by atoms with Crippen molar-refractivity contribution in [3.05, 3.63) is 34.4 Å². The summed E-state index contributed by atoms with van der Waals surface area (Å²) in [5.41, 5.74) is 3.06. The summed E-state index contributed by atoms with van der Waals surface area (Å²) in [6, 6.07) is 3.97.